The lowest BCUT2D eigenvalue weighted by molar-refractivity contribution is -0.138. The summed E-state index contributed by atoms with van der Waals surface area (Å²) in [5.74, 6) is 1.93. The van der Waals surface area contributed by atoms with Crippen LogP contribution in [0.2, 0.25) is 0 Å². The van der Waals surface area contributed by atoms with Crippen molar-refractivity contribution in [2.24, 2.45) is 16.3 Å². The van der Waals surface area contributed by atoms with Gasteiger partial charge >= 0.3 is 0 Å². The number of aliphatic imine (C=N–C) groups is 1. The topological polar surface area (TPSA) is 60.0 Å². The Hall–Kier alpha value is -0.570. The predicted octanol–water partition coefficient (Wildman–Crippen LogP) is 2.93. The highest BCUT2D eigenvalue weighted by molar-refractivity contribution is 14.0. The van der Waals surface area contributed by atoms with Gasteiger partial charge in [0.05, 0.1) is 12.0 Å². The van der Waals surface area contributed by atoms with E-state index in [0.29, 0.717) is 12.6 Å². The zero-order valence-corrected chi connectivity index (χ0v) is 20.9. The molecule has 0 radical (unpaired) electrons. The van der Waals surface area contributed by atoms with Crippen LogP contribution in [-0.4, -0.2) is 74.5 Å². The number of rotatable bonds is 7. The second-order valence-corrected chi connectivity index (χ2v) is 8.83. The maximum atomic E-state index is 12.7. The minimum atomic E-state index is -0.305. The molecule has 0 spiro atoms. The Labute approximate surface area is 189 Å². The van der Waals surface area contributed by atoms with Crippen molar-refractivity contribution in [1.29, 1.82) is 0 Å². The van der Waals surface area contributed by atoms with Crippen LogP contribution in [0, 0.1) is 11.3 Å². The number of guanidine groups is 1. The van der Waals surface area contributed by atoms with Crippen LogP contribution in [0.3, 0.4) is 0 Å². The molecule has 0 bridgehead atoms. The van der Waals surface area contributed by atoms with E-state index < -0.39 is 0 Å². The largest absolute Gasteiger partial charge is 0.357 e. The Morgan fingerprint density at radius 1 is 1.21 bits per heavy atom. The minimum Gasteiger partial charge on any atom is -0.357 e. The summed E-state index contributed by atoms with van der Waals surface area (Å²) in [5.41, 5.74) is -0.305. The van der Waals surface area contributed by atoms with E-state index in [1.807, 2.05) is 14.1 Å². The number of nitrogens with one attached hydrogen (secondary N) is 2. The third kappa shape index (κ3) is 7.04. The molecule has 0 aromatic carbocycles. The third-order valence-electron chi connectivity index (χ3n) is 6.31. The minimum absolute atomic E-state index is 0. The first kappa shape index (κ1) is 25.5. The first-order valence-corrected chi connectivity index (χ1v) is 10.9. The summed E-state index contributed by atoms with van der Waals surface area (Å²) in [4.78, 5) is 21.9. The Bertz CT molecular complexity index is 497. The first-order valence-electron chi connectivity index (χ1n) is 10.9. The molecule has 1 amide bonds. The molecule has 1 heterocycles. The van der Waals surface area contributed by atoms with Crippen molar-refractivity contribution >= 4 is 35.8 Å². The normalized spacial score (nSPS) is 21.7. The molecule has 1 unspecified atom stereocenters. The predicted molar refractivity (Wildman–Crippen MR) is 128 cm³/mol. The third-order valence-corrected chi connectivity index (χ3v) is 6.31. The smallest absolute Gasteiger partial charge is 0.230 e. The number of piperidine rings is 1. The quantitative estimate of drug-likeness (QED) is 0.316. The first-order chi connectivity index (χ1) is 12.9. The highest BCUT2D eigenvalue weighted by atomic mass is 127. The van der Waals surface area contributed by atoms with Gasteiger partial charge in [-0.25, -0.2) is 0 Å². The molecule has 0 aromatic rings. The van der Waals surface area contributed by atoms with Crippen LogP contribution in [0.1, 0.15) is 59.3 Å². The number of carbonyl (C=O) groups is 1. The Morgan fingerprint density at radius 3 is 2.36 bits per heavy atom. The van der Waals surface area contributed by atoms with E-state index in [1.165, 1.54) is 25.9 Å². The number of likely N-dealkylation sites (tertiary alicyclic amines) is 1. The maximum absolute atomic E-state index is 12.7. The van der Waals surface area contributed by atoms with E-state index >= 15 is 0 Å². The van der Waals surface area contributed by atoms with Crippen molar-refractivity contribution in [1.82, 2.24) is 20.4 Å². The van der Waals surface area contributed by atoms with Crippen LogP contribution in [-0.2, 0) is 4.79 Å². The molecule has 1 aliphatic carbocycles. The summed E-state index contributed by atoms with van der Waals surface area (Å²) in [7, 11) is 3.72. The average Bonchev–Trinajstić information content (AvgIpc) is 3.13. The number of hydrogen-bond acceptors (Lipinski definition) is 3. The molecule has 7 heteroatoms. The van der Waals surface area contributed by atoms with Crippen LogP contribution in [0.4, 0.5) is 0 Å². The Balaban J connectivity index is 0.00000392. The summed E-state index contributed by atoms with van der Waals surface area (Å²) in [6.07, 6.45) is 6.76. The van der Waals surface area contributed by atoms with Gasteiger partial charge < -0.3 is 15.5 Å². The van der Waals surface area contributed by atoms with E-state index in [0.717, 1.165) is 50.7 Å². The number of amides is 1. The molecule has 2 aliphatic rings. The van der Waals surface area contributed by atoms with Crippen molar-refractivity contribution in [3.63, 3.8) is 0 Å². The molecule has 6 nitrogen and oxygen atoms in total. The molecule has 0 aromatic heterocycles. The Kier molecular flexibility index (Phi) is 11.1. The van der Waals surface area contributed by atoms with Gasteiger partial charge in [0.2, 0.25) is 5.91 Å². The van der Waals surface area contributed by atoms with Crippen molar-refractivity contribution in [3.05, 3.63) is 0 Å². The van der Waals surface area contributed by atoms with E-state index in [9.17, 15) is 4.79 Å². The molecule has 28 heavy (non-hydrogen) atoms. The lowest BCUT2D eigenvalue weighted by Gasteiger charge is -2.35. The Morgan fingerprint density at radius 2 is 1.82 bits per heavy atom. The van der Waals surface area contributed by atoms with Crippen LogP contribution >= 0.6 is 24.0 Å². The van der Waals surface area contributed by atoms with Gasteiger partial charge in [-0.1, -0.05) is 19.8 Å². The van der Waals surface area contributed by atoms with Gasteiger partial charge in [-0.05, 0) is 58.5 Å². The van der Waals surface area contributed by atoms with Crippen LogP contribution < -0.4 is 10.6 Å². The summed E-state index contributed by atoms with van der Waals surface area (Å²) in [5, 5.41) is 6.86. The molecule has 1 saturated heterocycles. The molecule has 2 rings (SSSR count). The molecule has 1 atom stereocenters. The van der Waals surface area contributed by atoms with Crippen molar-refractivity contribution < 1.29 is 4.79 Å². The van der Waals surface area contributed by atoms with Gasteiger partial charge in [-0.15, -0.1) is 24.0 Å². The van der Waals surface area contributed by atoms with Gasteiger partial charge in [0, 0.05) is 33.2 Å². The number of nitrogens with zero attached hydrogens (tertiary/aromatic N) is 3. The zero-order chi connectivity index (χ0) is 19.9. The van der Waals surface area contributed by atoms with E-state index in [-0.39, 0.29) is 35.3 Å². The van der Waals surface area contributed by atoms with Crippen molar-refractivity contribution in [2.45, 2.75) is 65.3 Å². The van der Waals surface area contributed by atoms with E-state index in [4.69, 9.17) is 4.99 Å². The van der Waals surface area contributed by atoms with Crippen molar-refractivity contribution in [2.75, 3.05) is 46.8 Å². The fourth-order valence-corrected chi connectivity index (χ4v) is 4.38. The molecule has 2 fully saturated rings. The fourth-order valence-electron chi connectivity index (χ4n) is 4.38. The van der Waals surface area contributed by atoms with E-state index in [1.54, 1.807) is 4.90 Å². The second-order valence-electron chi connectivity index (χ2n) is 8.83. The SMILES string of the molecule is CCNC(=NCC1(C(=O)N(C)C)CCCC1)NCC(C)N1CCC(C)CC1.I. The zero-order valence-electron chi connectivity index (χ0n) is 18.6. The van der Waals surface area contributed by atoms with Gasteiger partial charge in [0.25, 0.3) is 0 Å². The molecule has 2 N–H and O–H groups in total. The molecular weight excluding hydrogens is 465 g/mol. The fraction of sp³-hybridized carbons (Fsp3) is 0.905. The number of hydrogen-bond donors (Lipinski definition) is 2. The molecule has 1 saturated carbocycles. The van der Waals surface area contributed by atoms with Crippen LogP contribution in [0.25, 0.3) is 0 Å². The summed E-state index contributed by atoms with van der Waals surface area (Å²) >= 11 is 0. The van der Waals surface area contributed by atoms with Gasteiger partial charge in [0.15, 0.2) is 5.96 Å². The lowest BCUT2D eigenvalue weighted by atomic mass is 9.85. The molecular formula is C21H42IN5O. The van der Waals surface area contributed by atoms with Crippen molar-refractivity contribution in [3.8, 4) is 0 Å². The molecule has 164 valence electrons. The second kappa shape index (κ2) is 12.2. The highest BCUT2D eigenvalue weighted by Crippen LogP contribution is 2.39. The number of halogens is 1. The van der Waals surface area contributed by atoms with Gasteiger partial charge in [-0.3, -0.25) is 14.7 Å². The summed E-state index contributed by atoms with van der Waals surface area (Å²) in [6, 6.07) is 0.491. The standard InChI is InChI=1S/C21H41N5O.HI/c1-6-22-20(23-15-18(3)26-13-9-17(2)10-14-26)24-16-21(11-7-8-12-21)19(27)25(4)5;/h17-18H,6-16H2,1-5H3,(H2,22,23,24);1H. The van der Waals surface area contributed by atoms with Gasteiger partial charge in [0.1, 0.15) is 0 Å². The van der Waals surface area contributed by atoms with Gasteiger partial charge in [-0.2, -0.15) is 0 Å². The lowest BCUT2D eigenvalue weighted by Crippen LogP contribution is -2.48. The van der Waals surface area contributed by atoms with Crippen LogP contribution in [0.5, 0.6) is 0 Å². The summed E-state index contributed by atoms with van der Waals surface area (Å²) in [6.45, 7) is 11.4. The highest BCUT2D eigenvalue weighted by Gasteiger charge is 2.42. The maximum Gasteiger partial charge on any atom is 0.230 e. The molecule has 1 aliphatic heterocycles. The van der Waals surface area contributed by atoms with E-state index in [2.05, 4.69) is 36.3 Å². The monoisotopic (exact) mass is 507 g/mol. The summed E-state index contributed by atoms with van der Waals surface area (Å²) < 4.78 is 0. The average molecular weight is 508 g/mol. The van der Waals surface area contributed by atoms with Crippen LogP contribution in [0.15, 0.2) is 4.99 Å². The number of carbonyl (C=O) groups excluding carboxylic acids is 1.